The lowest BCUT2D eigenvalue weighted by molar-refractivity contribution is -0.119. The van der Waals surface area contributed by atoms with Crippen molar-refractivity contribution in [2.24, 2.45) is 5.73 Å². The van der Waals surface area contributed by atoms with Crippen LogP contribution in [0.15, 0.2) is 16.8 Å². The third-order valence-electron chi connectivity index (χ3n) is 1.87. The molecule has 1 atom stereocenters. The Kier molecular flexibility index (Phi) is 3.92. The summed E-state index contributed by atoms with van der Waals surface area (Å²) >= 11 is 1.69. The number of carbonyl (C=O) groups is 1. The smallest absolute Gasteiger partial charge is 0.234 e. The summed E-state index contributed by atoms with van der Waals surface area (Å²) in [5, 5.41) is 7.21. The first kappa shape index (κ1) is 10.2. The van der Waals surface area contributed by atoms with Gasteiger partial charge in [0.05, 0.1) is 6.04 Å². The van der Waals surface area contributed by atoms with Gasteiger partial charge in [-0.2, -0.15) is 11.3 Å². The minimum absolute atomic E-state index is 0.237. The molecule has 0 aromatic carbocycles. The van der Waals surface area contributed by atoms with Gasteiger partial charge in [-0.05, 0) is 42.3 Å². The van der Waals surface area contributed by atoms with Gasteiger partial charge in [0.15, 0.2) is 0 Å². The van der Waals surface area contributed by atoms with Crippen LogP contribution in [0.4, 0.5) is 0 Å². The van der Waals surface area contributed by atoms with Gasteiger partial charge in [0.2, 0.25) is 5.91 Å². The Balaban J connectivity index is 2.18. The second-order valence-electron chi connectivity index (χ2n) is 2.96. The highest BCUT2D eigenvalue weighted by Gasteiger charge is 2.05. The van der Waals surface area contributed by atoms with Crippen molar-refractivity contribution in [3.05, 3.63) is 22.4 Å². The number of rotatable bonds is 5. The van der Waals surface area contributed by atoms with E-state index in [4.69, 9.17) is 5.73 Å². The van der Waals surface area contributed by atoms with E-state index in [0.29, 0.717) is 0 Å². The predicted molar refractivity (Wildman–Crippen MR) is 54.7 cm³/mol. The zero-order valence-electron chi connectivity index (χ0n) is 7.62. The van der Waals surface area contributed by atoms with Gasteiger partial charge in [-0.25, -0.2) is 0 Å². The van der Waals surface area contributed by atoms with Crippen LogP contribution < -0.4 is 11.1 Å². The molecule has 1 aromatic heterocycles. The summed E-state index contributed by atoms with van der Waals surface area (Å²) in [6.45, 7) is 2.57. The average Bonchev–Trinajstić information content (AvgIpc) is 2.56. The van der Waals surface area contributed by atoms with E-state index >= 15 is 0 Å². The van der Waals surface area contributed by atoms with Gasteiger partial charge in [0, 0.05) is 0 Å². The fraction of sp³-hybridized carbons (Fsp3) is 0.444. The fourth-order valence-corrected chi connectivity index (χ4v) is 1.67. The molecule has 1 amide bonds. The van der Waals surface area contributed by atoms with Crippen molar-refractivity contribution in [2.45, 2.75) is 19.4 Å². The molecule has 1 aromatic rings. The number of nitrogens with one attached hydrogen (secondary N) is 1. The number of hydrogen-bond donors (Lipinski definition) is 2. The van der Waals surface area contributed by atoms with Crippen LogP contribution in [0.1, 0.15) is 12.5 Å². The Morgan fingerprint density at radius 2 is 2.54 bits per heavy atom. The van der Waals surface area contributed by atoms with Gasteiger partial charge in [0.25, 0.3) is 0 Å². The molecule has 1 unspecified atom stereocenters. The first-order valence-corrected chi connectivity index (χ1v) is 5.18. The summed E-state index contributed by atoms with van der Waals surface area (Å²) in [5.41, 5.74) is 6.40. The van der Waals surface area contributed by atoms with Crippen molar-refractivity contribution < 1.29 is 4.79 Å². The van der Waals surface area contributed by atoms with Gasteiger partial charge in [0.1, 0.15) is 0 Å². The SMILES string of the molecule is CC(NCCc1ccsc1)C(N)=O. The van der Waals surface area contributed by atoms with Crippen LogP contribution in [0.5, 0.6) is 0 Å². The second kappa shape index (κ2) is 4.99. The van der Waals surface area contributed by atoms with E-state index < -0.39 is 0 Å². The number of primary amides is 1. The summed E-state index contributed by atoms with van der Waals surface area (Å²) in [5.74, 6) is -0.301. The Bertz CT molecular complexity index is 259. The maximum atomic E-state index is 10.7. The summed E-state index contributed by atoms with van der Waals surface area (Å²) in [4.78, 5) is 10.7. The fourth-order valence-electron chi connectivity index (χ4n) is 0.969. The van der Waals surface area contributed by atoms with Crippen molar-refractivity contribution in [1.82, 2.24) is 5.32 Å². The Morgan fingerprint density at radius 3 is 3.08 bits per heavy atom. The third-order valence-corrected chi connectivity index (χ3v) is 2.60. The van der Waals surface area contributed by atoms with Crippen LogP contribution in [0, 0.1) is 0 Å². The maximum Gasteiger partial charge on any atom is 0.234 e. The Hall–Kier alpha value is -0.870. The van der Waals surface area contributed by atoms with Crippen molar-refractivity contribution in [2.75, 3.05) is 6.54 Å². The first-order chi connectivity index (χ1) is 6.20. The molecule has 0 aliphatic carbocycles. The van der Waals surface area contributed by atoms with Crippen molar-refractivity contribution in [1.29, 1.82) is 0 Å². The van der Waals surface area contributed by atoms with Gasteiger partial charge in [-0.1, -0.05) is 0 Å². The largest absolute Gasteiger partial charge is 0.368 e. The minimum atomic E-state index is -0.301. The standard InChI is InChI=1S/C9H14N2OS/c1-7(9(10)12)11-4-2-8-3-5-13-6-8/h3,5-7,11H,2,4H2,1H3,(H2,10,12). The molecular formula is C9H14N2OS. The lowest BCUT2D eigenvalue weighted by atomic mass is 10.2. The zero-order chi connectivity index (χ0) is 9.68. The topological polar surface area (TPSA) is 55.1 Å². The van der Waals surface area contributed by atoms with E-state index in [-0.39, 0.29) is 11.9 Å². The molecule has 0 saturated carbocycles. The van der Waals surface area contributed by atoms with Crippen LogP contribution in [0.25, 0.3) is 0 Å². The maximum absolute atomic E-state index is 10.7. The summed E-state index contributed by atoms with van der Waals surface area (Å²) in [6, 6.07) is 1.85. The van der Waals surface area contributed by atoms with Crippen molar-refractivity contribution in [3.63, 3.8) is 0 Å². The molecule has 0 fully saturated rings. The van der Waals surface area contributed by atoms with Gasteiger partial charge >= 0.3 is 0 Å². The molecule has 0 spiro atoms. The molecule has 0 radical (unpaired) electrons. The molecular weight excluding hydrogens is 184 g/mol. The van der Waals surface area contributed by atoms with Crippen LogP contribution in [-0.2, 0) is 11.2 Å². The quantitative estimate of drug-likeness (QED) is 0.733. The number of thiophene rings is 1. The molecule has 3 nitrogen and oxygen atoms in total. The highest BCUT2D eigenvalue weighted by Crippen LogP contribution is 2.05. The predicted octanol–water partition coefficient (Wildman–Crippen LogP) is 0.754. The molecule has 13 heavy (non-hydrogen) atoms. The molecule has 0 bridgehead atoms. The first-order valence-electron chi connectivity index (χ1n) is 4.24. The lowest BCUT2D eigenvalue weighted by Crippen LogP contribution is -2.39. The Morgan fingerprint density at radius 1 is 1.77 bits per heavy atom. The average molecular weight is 198 g/mol. The normalized spacial score (nSPS) is 12.7. The van der Waals surface area contributed by atoms with Crippen LogP contribution >= 0.6 is 11.3 Å². The second-order valence-corrected chi connectivity index (χ2v) is 3.74. The molecule has 72 valence electrons. The number of hydrogen-bond acceptors (Lipinski definition) is 3. The van der Waals surface area contributed by atoms with Gasteiger partial charge in [-0.3, -0.25) is 4.79 Å². The van der Waals surface area contributed by atoms with E-state index in [1.807, 2.05) is 5.38 Å². The third kappa shape index (κ3) is 3.57. The lowest BCUT2D eigenvalue weighted by Gasteiger charge is -2.08. The summed E-state index contributed by atoms with van der Waals surface area (Å²) in [6.07, 6.45) is 0.946. The zero-order valence-corrected chi connectivity index (χ0v) is 8.43. The molecule has 0 aliphatic heterocycles. The van der Waals surface area contributed by atoms with Crippen molar-refractivity contribution >= 4 is 17.2 Å². The van der Waals surface area contributed by atoms with E-state index in [1.165, 1.54) is 5.56 Å². The monoisotopic (exact) mass is 198 g/mol. The molecule has 1 rings (SSSR count). The van der Waals surface area contributed by atoms with Crippen molar-refractivity contribution in [3.8, 4) is 0 Å². The molecule has 4 heteroatoms. The van der Waals surface area contributed by atoms with E-state index in [2.05, 4.69) is 16.8 Å². The Labute approximate surface area is 81.9 Å². The highest BCUT2D eigenvalue weighted by atomic mass is 32.1. The molecule has 3 N–H and O–H groups in total. The minimum Gasteiger partial charge on any atom is -0.368 e. The van der Waals surface area contributed by atoms with Crippen LogP contribution in [0.3, 0.4) is 0 Å². The van der Waals surface area contributed by atoms with Gasteiger partial charge < -0.3 is 11.1 Å². The molecule has 0 aliphatic rings. The summed E-state index contributed by atoms with van der Waals surface area (Å²) in [7, 11) is 0. The summed E-state index contributed by atoms with van der Waals surface area (Å²) < 4.78 is 0. The van der Waals surface area contributed by atoms with E-state index in [0.717, 1.165) is 13.0 Å². The van der Waals surface area contributed by atoms with Crippen LogP contribution in [0.2, 0.25) is 0 Å². The number of carbonyl (C=O) groups excluding carboxylic acids is 1. The number of nitrogens with two attached hydrogens (primary N) is 1. The van der Waals surface area contributed by atoms with Crippen LogP contribution in [-0.4, -0.2) is 18.5 Å². The molecule has 0 saturated heterocycles. The highest BCUT2D eigenvalue weighted by molar-refractivity contribution is 7.07. The van der Waals surface area contributed by atoms with E-state index in [9.17, 15) is 4.79 Å². The van der Waals surface area contributed by atoms with Gasteiger partial charge in [-0.15, -0.1) is 0 Å². The number of amides is 1. The van der Waals surface area contributed by atoms with E-state index in [1.54, 1.807) is 18.3 Å². The molecule has 1 heterocycles.